The molecule has 0 fully saturated rings. The van der Waals surface area contributed by atoms with Crippen molar-refractivity contribution in [3.63, 3.8) is 0 Å². The summed E-state index contributed by atoms with van der Waals surface area (Å²) in [5, 5.41) is 10.8. The number of aliphatic hydroxyl groups is 1. The Labute approximate surface area is 99.9 Å². The highest BCUT2D eigenvalue weighted by atomic mass is 32.1. The van der Waals surface area contributed by atoms with Crippen molar-refractivity contribution >= 4 is 23.9 Å². The Kier molecular flexibility index (Phi) is 3.26. The number of aliphatic hydroxyl groups excluding tert-OH is 1. The van der Waals surface area contributed by atoms with E-state index in [1.54, 1.807) is 6.08 Å². The molecule has 0 radical (unpaired) electrons. The third kappa shape index (κ3) is 2.11. The predicted octanol–water partition coefficient (Wildman–Crippen LogP) is 1.68. The summed E-state index contributed by atoms with van der Waals surface area (Å²) in [4.78, 5) is 0. The minimum atomic E-state index is -0.442. The monoisotopic (exact) mass is 236 g/mol. The van der Waals surface area contributed by atoms with Gasteiger partial charge in [0.25, 0.3) is 0 Å². The highest BCUT2D eigenvalue weighted by Crippen LogP contribution is 2.09. The van der Waals surface area contributed by atoms with E-state index in [4.69, 9.17) is 16.6 Å². The highest BCUT2D eigenvalue weighted by molar-refractivity contribution is 7.71. The molecule has 0 aromatic carbocycles. The number of hydrogen-bond donors (Lipinski definition) is 1. The summed E-state index contributed by atoms with van der Waals surface area (Å²) in [6.07, 6.45) is 4.10. The first kappa shape index (κ1) is 11.6. The van der Waals surface area contributed by atoms with Crippen LogP contribution in [0.25, 0.3) is 11.6 Å². The van der Waals surface area contributed by atoms with E-state index >= 15 is 0 Å². The van der Waals surface area contributed by atoms with Crippen LogP contribution in [0.2, 0.25) is 0 Å². The molecular formula is C13H16O2S. The molecule has 1 heterocycles. The largest absolute Gasteiger partial charge is 0.445 e. The molecule has 0 saturated heterocycles. The minimum Gasteiger partial charge on any atom is -0.445 e. The molecule has 16 heavy (non-hydrogen) atoms. The van der Waals surface area contributed by atoms with Crippen LogP contribution in [-0.2, 0) is 6.42 Å². The first-order valence-electron chi connectivity index (χ1n) is 5.64. The van der Waals surface area contributed by atoms with Gasteiger partial charge in [0.1, 0.15) is 5.42 Å². The van der Waals surface area contributed by atoms with Crippen molar-refractivity contribution in [1.82, 2.24) is 0 Å². The average Bonchev–Trinajstić information content (AvgIpc) is 2.15. The Balaban J connectivity index is 2.81. The Morgan fingerprint density at radius 2 is 2.31 bits per heavy atom. The molecule has 2 nitrogen and oxygen atoms in total. The maximum absolute atomic E-state index is 9.67. The molecule has 1 aliphatic rings. The summed E-state index contributed by atoms with van der Waals surface area (Å²) in [6.45, 7) is 4.20. The second kappa shape index (κ2) is 4.52. The lowest BCUT2D eigenvalue weighted by molar-refractivity contribution is 0.239. The Bertz CT molecular complexity index is 569. The fourth-order valence-corrected chi connectivity index (χ4v) is 2.51. The van der Waals surface area contributed by atoms with Gasteiger partial charge < -0.3 is 9.52 Å². The maximum Gasteiger partial charge on any atom is 0.191 e. The quantitative estimate of drug-likeness (QED) is 0.793. The van der Waals surface area contributed by atoms with Gasteiger partial charge in [0.2, 0.25) is 0 Å². The standard InChI is InChI=1S/C13H16O2S/c1-3-4-9-6-12(16)15-11-7-10(14)5-8(2)13(9)11/h6-7,10,14H,3-5H2,1-2H3. The van der Waals surface area contributed by atoms with Crippen LogP contribution < -0.4 is 10.6 Å². The van der Waals surface area contributed by atoms with Crippen LogP contribution in [-0.4, -0.2) is 11.2 Å². The van der Waals surface area contributed by atoms with Crippen LogP contribution in [0.3, 0.4) is 0 Å². The van der Waals surface area contributed by atoms with Gasteiger partial charge >= 0.3 is 0 Å². The second-order valence-corrected chi connectivity index (χ2v) is 4.70. The molecule has 1 N–H and O–H groups in total. The topological polar surface area (TPSA) is 33.4 Å². The molecule has 0 spiro atoms. The van der Waals surface area contributed by atoms with E-state index in [2.05, 4.69) is 6.92 Å². The molecule has 1 aromatic heterocycles. The molecular weight excluding hydrogens is 220 g/mol. The highest BCUT2D eigenvalue weighted by Gasteiger charge is 2.12. The zero-order valence-corrected chi connectivity index (χ0v) is 10.4. The van der Waals surface area contributed by atoms with Gasteiger partial charge in [-0.1, -0.05) is 18.9 Å². The number of hydrogen-bond acceptors (Lipinski definition) is 3. The Hall–Kier alpha value is -0.930. The van der Waals surface area contributed by atoms with Crippen molar-refractivity contribution in [2.45, 2.75) is 39.2 Å². The van der Waals surface area contributed by atoms with E-state index in [1.165, 1.54) is 11.1 Å². The lowest BCUT2D eigenvalue weighted by Crippen LogP contribution is -2.36. The van der Waals surface area contributed by atoms with Gasteiger partial charge in [0.05, 0.1) is 6.10 Å². The first-order valence-corrected chi connectivity index (χ1v) is 6.05. The molecule has 0 aliphatic heterocycles. The van der Waals surface area contributed by atoms with Gasteiger partial charge in [-0.15, -0.1) is 0 Å². The smallest absolute Gasteiger partial charge is 0.191 e. The zero-order chi connectivity index (χ0) is 11.7. The van der Waals surface area contributed by atoms with Crippen LogP contribution in [0.5, 0.6) is 0 Å². The van der Waals surface area contributed by atoms with Crippen LogP contribution in [0.4, 0.5) is 0 Å². The number of aryl methyl sites for hydroxylation is 1. The summed E-state index contributed by atoms with van der Waals surface area (Å²) >= 11 is 5.10. The van der Waals surface area contributed by atoms with Crippen molar-refractivity contribution in [1.29, 1.82) is 0 Å². The van der Waals surface area contributed by atoms with E-state index < -0.39 is 6.10 Å². The van der Waals surface area contributed by atoms with Gasteiger partial charge in [0.15, 0.2) is 4.71 Å². The van der Waals surface area contributed by atoms with Crippen molar-refractivity contribution in [3.05, 3.63) is 27.0 Å². The lowest BCUT2D eigenvalue weighted by atomic mass is 9.97. The summed E-state index contributed by atoms with van der Waals surface area (Å²) in [7, 11) is 0. The molecule has 86 valence electrons. The van der Waals surface area contributed by atoms with E-state index in [1.807, 2.05) is 13.0 Å². The fourth-order valence-electron chi connectivity index (χ4n) is 2.28. The van der Waals surface area contributed by atoms with Gasteiger partial charge in [-0.25, -0.2) is 0 Å². The van der Waals surface area contributed by atoms with E-state index in [9.17, 15) is 5.11 Å². The third-order valence-electron chi connectivity index (χ3n) is 2.88. The van der Waals surface area contributed by atoms with Crippen molar-refractivity contribution in [3.8, 4) is 0 Å². The first-order chi connectivity index (χ1) is 7.61. The number of fused-ring (bicyclic) bond motifs is 1. The SMILES string of the molecule is CCCc1cc(=S)oc2c1=C(C)CC(O)C=2. The average molecular weight is 236 g/mol. The summed E-state index contributed by atoms with van der Waals surface area (Å²) in [6, 6.07) is 1.94. The molecule has 1 atom stereocenters. The van der Waals surface area contributed by atoms with E-state index in [0.717, 1.165) is 23.5 Å². The Morgan fingerprint density at radius 3 is 3.00 bits per heavy atom. The molecule has 3 heteroatoms. The van der Waals surface area contributed by atoms with Crippen LogP contribution in [0.1, 0.15) is 32.3 Å². The lowest BCUT2D eigenvalue weighted by Gasteiger charge is -2.13. The molecule has 1 unspecified atom stereocenters. The maximum atomic E-state index is 9.67. The molecule has 0 saturated carbocycles. The van der Waals surface area contributed by atoms with Gasteiger partial charge in [-0.05, 0) is 49.7 Å². The zero-order valence-electron chi connectivity index (χ0n) is 9.62. The fraction of sp³-hybridized carbons (Fsp3) is 0.462. The molecule has 1 aliphatic carbocycles. The Morgan fingerprint density at radius 1 is 1.56 bits per heavy atom. The van der Waals surface area contributed by atoms with E-state index in [0.29, 0.717) is 11.1 Å². The van der Waals surface area contributed by atoms with Gasteiger partial charge in [0, 0.05) is 5.22 Å². The molecule has 0 bridgehead atoms. The molecule has 1 aromatic rings. The van der Waals surface area contributed by atoms with Crippen LogP contribution in [0, 0.1) is 4.71 Å². The van der Waals surface area contributed by atoms with Crippen molar-refractivity contribution in [2.75, 3.05) is 0 Å². The van der Waals surface area contributed by atoms with E-state index in [-0.39, 0.29) is 0 Å². The molecule has 0 amide bonds. The van der Waals surface area contributed by atoms with Crippen LogP contribution in [0.15, 0.2) is 10.5 Å². The predicted molar refractivity (Wildman–Crippen MR) is 67.0 cm³/mol. The third-order valence-corrected chi connectivity index (χ3v) is 3.08. The number of rotatable bonds is 2. The second-order valence-electron chi connectivity index (χ2n) is 4.30. The van der Waals surface area contributed by atoms with Crippen molar-refractivity contribution < 1.29 is 9.52 Å². The molecule has 2 rings (SSSR count). The van der Waals surface area contributed by atoms with Crippen molar-refractivity contribution in [2.24, 2.45) is 0 Å². The summed E-state index contributed by atoms with van der Waals surface area (Å²) in [5.41, 5.74) is 3.17. The van der Waals surface area contributed by atoms with Gasteiger partial charge in [-0.3, -0.25) is 0 Å². The van der Waals surface area contributed by atoms with Gasteiger partial charge in [-0.2, -0.15) is 0 Å². The normalized spacial score (nSPS) is 19.2. The summed E-state index contributed by atoms with van der Waals surface area (Å²) < 4.78 is 6.01. The minimum absolute atomic E-state index is 0.442. The van der Waals surface area contributed by atoms with Crippen LogP contribution >= 0.6 is 12.2 Å². The summed E-state index contributed by atoms with van der Waals surface area (Å²) in [5.74, 6) is 0.